The van der Waals surface area contributed by atoms with Crippen LogP contribution in [0.2, 0.25) is 5.02 Å². The van der Waals surface area contributed by atoms with Gasteiger partial charge in [0.1, 0.15) is 5.82 Å². The number of rotatable bonds is 5. The molecule has 0 saturated carbocycles. The molecule has 0 heterocycles. The lowest BCUT2D eigenvalue weighted by Gasteiger charge is -2.12. The highest BCUT2D eigenvalue weighted by molar-refractivity contribution is 6.30. The van der Waals surface area contributed by atoms with Gasteiger partial charge in [0.15, 0.2) is 0 Å². The summed E-state index contributed by atoms with van der Waals surface area (Å²) in [7, 11) is 0. The highest BCUT2D eigenvalue weighted by atomic mass is 35.5. The molecule has 0 fully saturated rings. The molecule has 1 unspecified atom stereocenters. The fourth-order valence-electron chi connectivity index (χ4n) is 1.91. The van der Waals surface area contributed by atoms with E-state index in [0.717, 1.165) is 0 Å². The Morgan fingerprint density at radius 2 is 1.95 bits per heavy atom. The maximum atomic E-state index is 13.0. The average Bonchev–Trinajstić information content (AvgIpc) is 2.45. The van der Waals surface area contributed by atoms with Crippen LogP contribution in [0.4, 0.5) is 4.39 Å². The van der Waals surface area contributed by atoms with Crippen molar-refractivity contribution in [1.29, 1.82) is 0 Å². The zero-order chi connectivity index (χ0) is 15.2. The lowest BCUT2D eigenvalue weighted by Crippen LogP contribution is -2.29. The van der Waals surface area contributed by atoms with Crippen molar-refractivity contribution < 1.29 is 14.3 Å². The number of hydrogen-bond donors (Lipinski definition) is 2. The number of carbonyl (C=O) groups excluding carboxylic acids is 1. The Morgan fingerprint density at radius 3 is 2.62 bits per heavy atom. The summed E-state index contributed by atoms with van der Waals surface area (Å²) in [6.07, 6.45) is -0.732. The van der Waals surface area contributed by atoms with Crippen molar-refractivity contribution in [2.75, 3.05) is 6.54 Å². The number of amides is 1. The summed E-state index contributed by atoms with van der Waals surface area (Å²) in [6.45, 7) is 0.0930. The first kappa shape index (κ1) is 15.5. The zero-order valence-electron chi connectivity index (χ0n) is 11.2. The monoisotopic (exact) mass is 307 g/mol. The van der Waals surface area contributed by atoms with E-state index in [1.54, 1.807) is 36.4 Å². The van der Waals surface area contributed by atoms with Gasteiger partial charge in [0.25, 0.3) is 0 Å². The van der Waals surface area contributed by atoms with E-state index in [-0.39, 0.29) is 24.7 Å². The van der Waals surface area contributed by atoms with Gasteiger partial charge >= 0.3 is 0 Å². The average molecular weight is 308 g/mol. The van der Waals surface area contributed by atoms with Crippen molar-refractivity contribution in [3.8, 4) is 0 Å². The number of halogens is 2. The fourth-order valence-corrected chi connectivity index (χ4v) is 2.03. The molecule has 3 nitrogen and oxygen atoms in total. The van der Waals surface area contributed by atoms with Gasteiger partial charge in [0, 0.05) is 11.6 Å². The third-order valence-corrected chi connectivity index (χ3v) is 3.25. The predicted octanol–water partition coefficient (Wildman–Crippen LogP) is 2.87. The second kappa shape index (κ2) is 7.20. The van der Waals surface area contributed by atoms with Gasteiger partial charge in [-0.05, 0) is 35.4 Å². The summed E-state index contributed by atoms with van der Waals surface area (Å²) in [4.78, 5) is 11.7. The molecule has 0 radical (unpaired) electrons. The Bertz CT molecular complexity index is 616. The largest absolute Gasteiger partial charge is 0.387 e. The van der Waals surface area contributed by atoms with Crippen LogP contribution >= 0.6 is 11.6 Å². The van der Waals surface area contributed by atoms with E-state index >= 15 is 0 Å². The summed E-state index contributed by atoms with van der Waals surface area (Å²) >= 11 is 5.76. The molecule has 110 valence electrons. The third-order valence-electron chi connectivity index (χ3n) is 3.00. The van der Waals surface area contributed by atoms with Gasteiger partial charge in [-0.1, -0.05) is 35.9 Å². The number of carbonyl (C=O) groups is 1. The lowest BCUT2D eigenvalue weighted by molar-refractivity contribution is -0.120. The molecule has 2 N–H and O–H groups in total. The molecule has 2 rings (SSSR count). The van der Waals surface area contributed by atoms with Gasteiger partial charge in [-0.15, -0.1) is 0 Å². The number of aliphatic hydroxyl groups is 1. The molecule has 0 aliphatic heterocycles. The van der Waals surface area contributed by atoms with E-state index < -0.39 is 6.10 Å². The van der Waals surface area contributed by atoms with Crippen molar-refractivity contribution >= 4 is 17.5 Å². The van der Waals surface area contributed by atoms with Gasteiger partial charge < -0.3 is 10.4 Å². The summed E-state index contributed by atoms with van der Waals surface area (Å²) in [5.74, 6) is -0.643. The van der Waals surface area contributed by atoms with Crippen LogP contribution in [0, 0.1) is 5.82 Å². The smallest absolute Gasteiger partial charge is 0.224 e. The van der Waals surface area contributed by atoms with Crippen LogP contribution < -0.4 is 5.32 Å². The summed E-state index contributed by atoms with van der Waals surface area (Å²) < 4.78 is 13.0. The minimum atomic E-state index is -0.807. The second-order valence-corrected chi connectivity index (χ2v) is 5.11. The topological polar surface area (TPSA) is 49.3 Å². The molecule has 0 spiro atoms. The van der Waals surface area contributed by atoms with Crippen LogP contribution in [0.3, 0.4) is 0 Å². The normalized spacial score (nSPS) is 12.0. The van der Waals surface area contributed by atoms with Gasteiger partial charge in [0.05, 0.1) is 12.5 Å². The number of hydrogen-bond acceptors (Lipinski definition) is 2. The molecule has 0 aliphatic carbocycles. The molecule has 1 atom stereocenters. The van der Waals surface area contributed by atoms with Crippen LogP contribution in [-0.2, 0) is 11.2 Å². The van der Waals surface area contributed by atoms with Crippen molar-refractivity contribution in [1.82, 2.24) is 5.32 Å². The van der Waals surface area contributed by atoms with Gasteiger partial charge in [0.2, 0.25) is 5.91 Å². The summed E-state index contributed by atoms with van der Waals surface area (Å²) in [5.41, 5.74) is 1.26. The van der Waals surface area contributed by atoms with E-state index in [1.807, 2.05) is 0 Å². The van der Waals surface area contributed by atoms with Crippen molar-refractivity contribution in [3.05, 3.63) is 70.5 Å². The molecule has 5 heteroatoms. The van der Waals surface area contributed by atoms with Crippen molar-refractivity contribution in [2.24, 2.45) is 0 Å². The van der Waals surface area contributed by atoms with Gasteiger partial charge in [-0.3, -0.25) is 4.79 Å². The molecular weight excluding hydrogens is 293 g/mol. The molecule has 1 amide bonds. The zero-order valence-corrected chi connectivity index (χ0v) is 12.0. The maximum absolute atomic E-state index is 13.0. The van der Waals surface area contributed by atoms with Crippen LogP contribution in [0.1, 0.15) is 17.2 Å². The fraction of sp³-hybridized carbons (Fsp3) is 0.188. The SMILES string of the molecule is O=C(Cc1cccc(F)c1)NCC(O)c1ccc(Cl)cc1. The minimum absolute atomic E-state index is 0.0745. The molecule has 0 saturated heterocycles. The van der Waals surface area contributed by atoms with E-state index in [2.05, 4.69) is 5.32 Å². The van der Waals surface area contributed by atoms with Crippen LogP contribution in [0.25, 0.3) is 0 Å². The molecule has 0 aromatic heterocycles. The van der Waals surface area contributed by atoms with Crippen LogP contribution in [-0.4, -0.2) is 17.6 Å². The summed E-state index contributed by atoms with van der Waals surface area (Å²) in [6, 6.07) is 12.6. The number of aliphatic hydroxyl groups excluding tert-OH is 1. The molecule has 2 aromatic carbocycles. The van der Waals surface area contributed by atoms with E-state index in [0.29, 0.717) is 16.1 Å². The first-order valence-electron chi connectivity index (χ1n) is 6.49. The molecule has 21 heavy (non-hydrogen) atoms. The highest BCUT2D eigenvalue weighted by Gasteiger charge is 2.10. The quantitative estimate of drug-likeness (QED) is 0.892. The Morgan fingerprint density at radius 1 is 1.24 bits per heavy atom. The minimum Gasteiger partial charge on any atom is -0.387 e. The summed E-state index contributed by atoms with van der Waals surface area (Å²) in [5, 5.41) is 13.2. The van der Waals surface area contributed by atoms with Crippen molar-refractivity contribution in [2.45, 2.75) is 12.5 Å². The third kappa shape index (κ3) is 4.85. The van der Waals surface area contributed by atoms with Crippen LogP contribution in [0.5, 0.6) is 0 Å². The Kier molecular flexibility index (Phi) is 5.31. The van der Waals surface area contributed by atoms with Crippen molar-refractivity contribution in [3.63, 3.8) is 0 Å². The molecule has 0 aliphatic rings. The van der Waals surface area contributed by atoms with Crippen LogP contribution in [0.15, 0.2) is 48.5 Å². The standard InChI is InChI=1S/C16H15ClFNO2/c17-13-6-4-12(5-7-13)15(20)10-19-16(21)9-11-2-1-3-14(18)8-11/h1-8,15,20H,9-10H2,(H,19,21). The maximum Gasteiger partial charge on any atom is 0.224 e. The first-order chi connectivity index (χ1) is 10.0. The lowest BCUT2D eigenvalue weighted by atomic mass is 10.1. The highest BCUT2D eigenvalue weighted by Crippen LogP contribution is 2.15. The van der Waals surface area contributed by atoms with E-state index in [1.165, 1.54) is 12.1 Å². The Labute approximate surface area is 127 Å². The number of benzene rings is 2. The second-order valence-electron chi connectivity index (χ2n) is 4.68. The first-order valence-corrected chi connectivity index (χ1v) is 6.87. The Balaban J connectivity index is 1.84. The van der Waals surface area contributed by atoms with E-state index in [4.69, 9.17) is 11.6 Å². The molecule has 0 bridgehead atoms. The van der Waals surface area contributed by atoms with Gasteiger partial charge in [-0.25, -0.2) is 4.39 Å². The molecule has 2 aromatic rings. The molecular formula is C16H15ClFNO2. The number of nitrogens with one attached hydrogen (secondary N) is 1. The Hall–Kier alpha value is -1.91. The predicted molar refractivity (Wildman–Crippen MR) is 79.5 cm³/mol. The van der Waals surface area contributed by atoms with Gasteiger partial charge in [-0.2, -0.15) is 0 Å². The van der Waals surface area contributed by atoms with E-state index in [9.17, 15) is 14.3 Å².